The van der Waals surface area contributed by atoms with E-state index in [0.29, 0.717) is 13.0 Å². The van der Waals surface area contributed by atoms with Crippen molar-refractivity contribution in [2.45, 2.75) is 18.9 Å². The van der Waals surface area contributed by atoms with Gasteiger partial charge in [0.25, 0.3) is 0 Å². The molecule has 2 rings (SSSR count). The van der Waals surface area contributed by atoms with Crippen LogP contribution in [0, 0.1) is 23.3 Å². The van der Waals surface area contributed by atoms with Gasteiger partial charge in [0.15, 0.2) is 23.3 Å². The Hall–Kier alpha value is -1.10. The molecule has 1 aromatic carbocycles. The Bertz CT molecular complexity index is 385. The molecule has 1 saturated heterocycles. The van der Waals surface area contributed by atoms with Gasteiger partial charge in [-0.15, -0.1) is 0 Å². The highest BCUT2D eigenvalue weighted by molar-refractivity contribution is 5.25. The van der Waals surface area contributed by atoms with E-state index in [-0.39, 0.29) is 5.56 Å². The van der Waals surface area contributed by atoms with Crippen LogP contribution in [0.4, 0.5) is 17.6 Å². The Morgan fingerprint density at radius 3 is 2.40 bits per heavy atom. The third-order valence-corrected chi connectivity index (χ3v) is 2.57. The molecule has 1 aromatic rings. The third-order valence-electron chi connectivity index (χ3n) is 2.57. The molecule has 0 bridgehead atoms. The molecule has 0 amide bonds. The standard InChI is InChI=1S/C10H9F4N/c11-6-4-5(7-2-1-3-15-7)8(12)10(14)9(6)13/h4,7,15H,1-3H2/t7-/m0/s1. The van der Waals surface area contributed by atoms with Gasteiger partial charge in [-0.1, -0.05) is 0 Å². The molecule has 15 heavy (non-hydrogen) atoms. The predicted octanol–water partition coefficient (Wildman–Crippen LogP) is 2.67. The molecule has 0 spiro atoms. The van der Waals surface area contributed by atoms with Crippen LogP contribution in [0.25, 0.3) is 0 Å². The van der Waals surface area contributed by atoms with Crippen molar-refractivity contribution in [2.75, 3.05) is 6.54 Å². The first-order valence-electron chi connectivity index (χ1n) is 4.67. The van der Waals surface area contributed by atoms with Gasteiger partial charge in [-0.05, 0) is 25.5 Å². The number of hydrogen-bond donors (Lipinski definition) is 1. The van der Waals surface area contributed by atoms with Crippen molar-refractivity contribution in [3.8, 4) is 0 Å². The fourth-order valence-corrected chi connectivity index (χ4v) is 1.79. The Morgan fingerprint density at radius 1 is 1.07 bits per heavy atom. The molecular formula is C10H9F4N. The Morgan fingerprint density at radius 2 is 1.80 bits per heavy atom. The maximum absolute atomic E-state index is 13.3. The summed E-state index contributed by atoms with van der Waals surface area (Å²) in [7, 11) is 0. The molecule has 0 saturated carbocycles. The zero-order valence-corrected chi connectivity index (χ0v) is 7.79. The van der Waals surface area contributed by atoms with Crippen LogP contribution in [0.1, 0.15) is 24.4 Å². The summed E-state index contributed by atoms with van der Waals surface area (Å²) in [5, 5.41) is 2.89. The predicted molar refractivity (Wildman–Crippen MR) is 46.3 cm³/mol. The van der Waals surface area contributed by atoms with Crippen molar-refractivity contribution in [3.63, 3.8) is 0 Å². The molecule has 1 nitrogen and oxygen atoms in total. The number of benzene rings is 1. The van der Waals surface area contributed by atoms with Gasteiger partial charge in [0.05, 0.1) is 0 Å². The molecule has 1 aliphatic rings. The Labute approximate surface area is 84.1 Å². The molecule has 1 fully saturated rings. The van der Waals surface area contributed by atoms with Crippen LogP contribution in [0.5, 0.6) is 0 Å². The molecule has 5 heteroatoms. The molecule has 1 N–H and O–H groups in total. The Kier molecular flexibility index (Phi) is 2.65. The van der Waals surface area contributed by atoms with E-state index in [0.717, 1.165) is 12.5 Å². The highest BCUT2D eigenvalue weighted by Gasteiger charge is 2.25. The van der Waals surface area contributed by atoms with E-state index >= 15 is 0 Å². The SMILES string of the molecule is Fc1cc([C@@H]2CCCN2)c(F)c(F)c1F. The minimum absolute atomic E-state index is 0.135. The molecule has 0 aromatic heterocycles. The highest BCUT2D eigenvalue weighted by atomic mass is 19.2. The summed E-state index contributed by atoms with van der Waals surface area (Å²) in [5.74, 6) is -6.14. The van der Waals surface area contributed by atoms with Crippen molar-refractivity contribution in [1.29, 1.82) is 0 Å². The summed E-state index contributed by atoms with van der Waals surface area (Å²) < 4.78 is 51.7. The van der Waals surface area contributed by atoms with Crippen molar-refractivity contribution < 1.29 is 17.6 Å². The van der Waals surface area contributed by atoms with Crippen LogP contribution < -0.4 is 5.32 Å². The lowest BCUT2D eigenvalue weighted by atomic mass is 10.0. The fourth-order valence-electron chi connectivity index (χ4n) is 1.79. The smallest absolute Gasteiger partial charge is 0.197 e. The van der Waals surface area contributed by atoms with Crippen molar-refractivity contribution >= 4 is 0 Å². The van der Waals surface area contributed by atoms with E-state index in [1.54, 1.807) is 0 Å². The van der Waals surface area contributed by atoms with Gasteiger partial charge in [-0.2, -0.15) is 0 Å². The van der Waals surface area contributed by atoms with E-state index in [1.165, 1.54) is 0 Å². The zero-order valence-electron chi connectivity index (χ0n) is 7.79. The van der Waals surface area contributed by atoms with Crippen LogP contribution in [0.15, 0.2) is 6.07 Å². The molecule has 1 atom stereocenters. The first-order valence-corrected chi connectivity index (χ1v) is 4.67. The first-order chi connectivity index (χ1) is 7.11. The summed E-state index contributed by atoms with van der Waals surface area (Å²) in [6.07, 6.45) is 1.41. The van der Waals surface area contributed by atoms with Crippen LogP contribution in [-0.4, -0.2) is 6.54 Å². The summed E-state index contributed by atoms with van der Waals surface area (Å²) in [6, 6.07) is 0.297. The van der Waals surface area contributed by atoms with Crippen LogP contribution >= 0.6 is 0 Å². The monoisotopic (exact) mass is 219 g/mol. The van der Waals surface area contributed by atoms with Crippen LogP contribution in [0.2, 0.25) is 0 Å². The second-order valence-electron chi connectivity index (χ2n) is 3.54. The van der Waals surface area contributed by atoms with Crippen molar-refractivity contribution in [3.05, 3.63) is 34.9 Å². The summed E-state index contributed by atoms with van der Waals surface area (Å²) in [6.45, 7) is 0.671. The zero-order chi connectivity index (χ0) is 11.0. The van der Waals surface area contributed by atoms with E-state index in [9.17, 15) is 17.6 Å². The second kappa shape index (κ2) is 3.81. The van der Waals surface area contributed by atoms with E-state index in [2.05, 4.69) is 5.32 Å². The fraction of sp³-hybridized carbons (Fsp3) is 0.400. The number of nitrogens with one attached hydrogen (secondary N) is 1. The summed E-state index contributed by atoms with van der Waals surface area (Å²) in [5.41, 5.74) is -0.135. The lowest BCUT2D eigenvalue weighted by molar-refractivity contribution is 0.397. The normalized spacial score (nSPS) is 20.9. The Balaban J connectivity index is 2.47. The number of rotatable bonds is 1. The minimum Gasteiger partial charge on any atom is -0.310 e. The topological polar surface area (TPSA) is 12.0 Å². The van der Waals surface area contributed by atoms with E-state index in [4.69, 9.17) is 0 Å². The molecule has 1 heterocycles. The summed E-state index contributed by atoms with van der Waals surface area (Å²) in [4.78, 5) is 0. The lowest BCUT2D eigenvalue weighted by Crippen LogP contribution is -2.16. The molecular weight excluding hydrogens is 210 g/mol. The van der Waals surface area contributed by atoms with E-state index in [1.807, 2.05) is 0 Å². The second-order valence-corrected chi connectivity index (χ2v) is 3.54. The van der Waals surface area contributed by atoms with Gasteiger partial charge in [-0.25, -0.2) is 17.6 Å². The lowest BCUT2D eigenvalue weighted by Gasteiger charge is -2.12. The van der Waals surface area contributed by atoms with Gasteiger partial charge in [0.1, 0.15) is 0 Å². The quantitative estimate of drug-likeness (QED) is 0.435. The largest absolute Gasteiger partial charge is 0.310 e. The average molecular weight is 219 g/mol. The molecule has 0 unspecified atom stereocenters. The van der Waals surface area contributed by atoms with Gasteiger partial charge >= 0.3 is 0 Å². The summed E-state index contributed by atoms with van der Waals surface area (Å²) >= 11 is 0. The van der Waals surface area contributed by atoms with Gasteiger partial charge in [-0.3, -0.25) is 0 Å². The molecule has 82 valence electrons. The highest BCUT2D eigenvalue weighted by Crippen LogP contribution is 2.28. The van der Waals surface area contributed by atoms with Crippen molar-refractivity contribution in [2.24, 2.45) is 0 Å². The third kappa shape index (κ3) is 1.71. The number of halogens is 4. The molecule has 0 radical (unpaired) electrons. The average Bonchev–Trinajstić information content (AvgIpc) is 2.73. The first kappa shape index (κ1) is 10.4. The van der Waals surface area contributed by atoms with E-state index < -0.39 is 29.3 Å². The molecule has 1 aliphatic heterocycles. The van der Waals surface area contributed by atoms with Crippen molar-refractivity contribution in [1.82, 2.24) is 5.32 Å². The minimum atomic E-state index is -1.76. The maximum Gasteiger partial charge on any atom is 0.197 e. The van der Waals surface area contributed by atoms with Gasteiger partial charge in [0, 0.05) is 11.6 Å². The number of hydrogen-bond acceptors (Lipinski definition) is 1. The van der Waals surface area contributed by atoms with Gasteiger partial charge in [0.2, 0.25) is 0 Å². The maximum atomic E-state index is 13.3. The molecule has 0 aliphatic carbocycles. The van der Waals surface area contributed by atoms with Crippen LogP contribution in [-0.2, 0) is 0 Å². The van der Waals surface area contributed by atoms with Gasteiger partial charge < -0.3 is 5.32 Å². The van der Waals surface area contributed by atoms with Crippen LogP contribution in [0.3, 0.4) is 0 Å².